The molecule has 0 bridgehead atoms. The molecule has 2 nitrogen and oxygen atoms in total. The quantitative estimate of drug-likeness (QED) is 0.631. The highest BCUT2D eigenvalue weighted by molar-refractivity contribution is 7.99. The molecular formula is C8H14NOS. The Morgan fingerprint density at radius 1 is 1.55 bits per heavy atom. The molecule has 1 fully saturated rings. The molecule has 1 unspecified atom stereocenters. The summed E-state index contributed by atoms with van der Waals surface area (Å²) in [4.78, 5) is 12.5. The maximum absolute atomic E-state index is 10.1. The molecule has 1 saturated heterocycles. The average Bonchev–Trinajstić information content (AvgIpc) is 2.07. The Morgan fingerprint density at radius 3 is 2.73 bits per heavy atom. The van der Waals surface area contributed by atoms with Crippen LogP contribution < -0.4 is 0 Å². The Balaban J connectivity index is 2.26. The van der Waals surface area contributed by atoms with Crippen molar-refractivity contribution in [2.45, 2.75) is 19.4 Å². The van der Waals surface area contributed by atoms with Crippen LogP contribution in [0.15, 0.2) is 0 Å². The number of carbonyl (C=O) groups excluding carboxylic acids is 1. The first-order valence-electron chi connectivity index (χ1n) is 4.01. The maximum atomic E-state index is 10.1. The molecule has 1 aliphatic heterocycles. The van der Waals surface area contributed by atoms with Gasteiger partial charge in [-0.3, -0.25) is 9.69 Å². The summed E-state index contributed by atoms with van der Waals surface area (Å²) in [6.07, 6.45) is 2.53. The van der Waals surface area contributed by atoms with Gasteiger partial charge in [-0.05, 0) is 6.92 Å². The van der Waals surface area contributed by atoms with E-state index in [2.05, 4.69) is 11.8 Å². The van der Waals surface area contributed by atoms with Crippen molar-refractivity contribution < 1.29 is 4.79 Å². The summed E-state index contributed by atoms with van der Waals surface area (Å²) in [5.74, 6) is 2.42. The van der Waals surface area contributed by atoms with Gasteiger partial charge < -0.3 is 0 Å². The van der Waals surface area contributed by atoms with Gasteiger partial charge in [0.2, 0.25) is 0 Å². The minimum absolute atomic E-state index is 0.397. The molecule has 1 heterocycles. The molecule has 0 N–H and O–H groups in total. The van der Waals surface area contributed by atoms with Crippen molar-refractivity contribution in [2.75, 3.05) is 24.6 Å². The average molecular weight is 172 g/mol. The van der Waals surface area contributed by atoms with E-state index in [1.165, 1.54) is 11.5 Å². The van der Waals surface area contributed by atoms with Crippen molar-refractivity contribution in [1.82, 2.24) is 4.90 Å². The van der Waals surface area contributed by atoms with Gasteiger partial charge in [-0.1, -0.05) is 0 Å². The summed E-state index contributed by atoms with van der Waals surface area (Å²) < 4.78 is 0. The van der Waals surface area contributed by atoms with Crippen molar-refractivity contribution in [3.05, 3.63) is 0 Å². The molecule has 0 aromatic heterocycles. The minimum atomic E-state index is 0.397. The van der Waals surface area contributed by atoms with Gasteiger partial charge in [0.05, 0.1) is 0 Å². The fourth-order valence-corrected chi connectivity index (χ4v) is 2.20. The highest BCUT2D eigenvalue weighted by atomic mass is 32.2. The van der Waals surface area contributed by atoms with E-state index in [1.807, 2.05) is 18.0 Å². The Morgan fingerprint density at radius 2 is 2.18 bits per heavy atom. The minimum Gasteiger partial charge on any atom is -0.299 e. The van der Waals surface area contributed by atoms with Gasteiger partial charge in [0.25, 0.3) is 0 Å². The first-order chi connectivity index (χ1) is 5.34. The van der Waals surface area contributed by atoms with Crippen molar-refractivity contribution >= 4 is 18.0 Å². The lowest BCUT2D eigenvalue weighted by Gasteiger charge is -2.30. The predicted molar refractivity (Wildman–Crippen MR) is 48.7 cm³/mol. The number of rotatable bonds is 3. The standard InChI is InChI=1S/C8H14NOS/c1-8(2-5-10)9-3-6-11-7-4-9/h8H,2-4,6-7H2,1H3. The van der Waals surface area contributed by atoms with E-state index in [-0.39, 0.29) is 0 Å². The first kappa shape index (κ1) is 9.07. The van der Waals surface area contributed by atoms with Gasteiger partial charge in [0.1, 0.15) is 0 Å². The van der Waals surface area contributed by atoms with E-state index in [4.69, 9.17) is 0 Å². The fraction of sp³-hybridized carbons (Fsp3) is 0.875. The summed E-state index contributed by atoms with van der Waals surface area (Å²) >= 11 is 1.99. The van der Waals surface area contributed by atoms with Crippen LogP contribution in [0, 0.1) is 0 Å². The summed E-state index contributed by atoms with van der Waals surface area (Å²) in [6, 6.07) is 0.397. The molecule has 3 heteroatoms. The van der Waals surface area contributed by atoms with Crippen molar-refractivity contribution in [1.29, 1.82) is 0 Å². The molecule has 0 saturated carbocycles. The predicted octanol–water partition coefficient (Wildman–Crippen LogP) is 0.923. The smallest absolute Gasteiger partial charge is 0.199 e. The van der Waals surface area contributed by atoms with Gasteiger partial charge in [0, 0.05) is 37.1 Å². The Kier molecular flexibility index (Phi) is 3.94. The van der Waals surface area contributed by atoms with Crippen LogP contribution in [0.4, 0.5) is 0 Å². The van der Waals surface area contributed by atoms with Crippen LogP contribution in [0.2, 0.25) is 0 Å². The zero-order valence-corrected chi connectivity index (χ0v) is 7.69. The molecular weight excluding hydrogens is 158 g/mol. The third-order valence-electron chi connectivity index (χ3n) is 2.05. The molecule has 63 valence electrons. The van der Waals surface area contributed by atoms with E-state index in [1.54, 1.807) is 0 Å². The van der Waals surface area contributed by atoms with Crippen molar-refractivity contribution in [3.63, 3.8) is 0 Å². The van der Waals surface area contributed by atoms with E-state index in [0.717, 1.165) is 13.1 Å². The van der Waals surface area contributed by atoms with Crippen LogP contribution >= 0.6 is 11.8 Å². The van der Waals surface area contributed by atoms with Gasteiger partial charge in [0.15, 0.2) is 6.29 Å². The normalized spacial score (nSPS) is 23.0. The van der Waals surface area contributed by atoms with Crippen LogP contribution in [0.1, 0.15) is 13.3 Å². The van der Waals surface area contributed by atoms with Gasteiger partial charge in [-0.25, -0.2) is 0 Å². The molecule has 1 atom stereocenters. The lowest BCUT2D eigenvalue weighted by atomic mass is 10.2. The largest absolute Gasteiger partial charge is 0.299 e. The van der Waals surface area contributed by atoms with Gasteiger partial charge in [-0.2, -0.15) is 11.8 Å². The Hall–Kier alpha value is -0.0200. The Labute approximate surface area is 72.3 Å². The molecule has 1 aliphatic rings. The molecule has 0 spiro atoms. The van der Waals surface area contributed by atoms with Crippen LogP contribution in [0.25, 0.3) is 0 Å². The monoisotopic (exact) mass is 172 g/mol. The van der Waals surface area contributed by atoms with Crippen molar-refractivity contribution in [3.8, 4) is 0 Å². The fourth-order valence-electron chi connectivity index (χ4n) is 1.27. The highest BCUT2D eigenvalue weighted by Gasteiger charge is 2.15. The van der Waals surface area contributed by atoms with Crippen LogP contribution in [0.3, 0.4) is 0 Å². The number of hydrogen-bond acceptors (Lipinski definition) is 3. The van der Waals surface area contributed by atoms with Crippen molar-refractivity contribution in [2.24, 2.45) is 0 Å². The SMILES string of the molecule is CC(C[C]=O)N1CCSCC1. The number of nitrogens with zero attached hydrogens (tertiary/aromatic N) is 1. The summed E-state index contributed by atoms with van der Waals surface area (Å²) in [5, 5.41) is 0. The molecule has 1 rings (SSSR count). The third-order valence-corrected chi connectivity index (χ3v) is 2.99. The Bertz CT molecular complexity index is 123. The van der Waals surface area contributed by atoms with E-state index in [0.29, 0.717) is 12.5 Å². The molecule has 0 aliphatic carbocycles. The second kappa shape index (κ2) is 4.78. The van der Waals surface area contributed by atoms with E-state index >= 15 is 0 Å². The topological polar surface area (TPSA) is 20.3 Å². The third kappa shape index (κ3) is 2.83. The second-order valence-corrected chi connectivity index (χ2v) is 4.07. The first-order valence-corrected chi connectivity index (χ1v) is 5.17. The van der Waals surface area contributed by atoms with E-state index < -0.39 is 0 Å². The molecule has 0 aromatic rings. The summed E-state index contributed by atoms with van der Waals surface area (Å²) in [7, 11) is 0. The van der Waals surface area contributed by atoms with E-state index in [9.17, 15) is 4.79 Å². The summed E-state index contributed by atoms with van der Waals surface area (Å²) in [6.45, 7) is 4.36. The molecule has 0 aromatic carbocycles. The lowest BCUT2D eigenvalue weighted by molar-refractivity contribution is 0.234. The lowest BCUT2D eigenvalue weighted by Crippen LogP contribution is -2.39. The molecule has 0 amide bonds. The maximum Gasteiger partial charge on any atom is 0.199 e. The van der Waals surface area contributed by atoms with Gasteiger partial charge in [-0.15, -0.1) is 0 Å². The van der Waals surface area contributed by atoms with Crippen LogP contribution in [-0.2, 0) is 4.79 Å². The van der Waals surface area contributed by atoms with Crippen LogP contribution in [0.5, 0.6) is 0 Å². The number of thioether (sulfide) groups is 1. The zero-order valence-electron chi connectivity index (χ0n) is 6.88. The molecule has 1 radical (unpaired) electrons. The van der Waals surface area contributed by atoms with Gasteiger partial charge >= 0.3 is 0 Å². The highest BCUT2D eigenvalue weighted by Crippen LogP contribution is 2.12. The zero-order chi connectivity index (χ0) is 8.10. The second-order valence-electron chi connectivity index (χ2n) is 2.85. The molecule has 11 heavy (non-hydrogen) atoms. The van der Waals surface area contributed by atoms with Crippen LogP contribution in [-0.4, -0.2) is 41.8 Å². The summed E-state index contributed by atoms with van der Waals surface area (Å²) in [5.41, 5.74) is 0. The number of hydrogen-bond donors (Lipinski definition) is 0.